The van der Waals surface area contributed by atoms with Gasteiger partial charge in [0.1, 0.15) is 5.56 Å². The number of esters is 2. The summed E-state index contributed by atoms with van der Waals surface area (Å²) in [7, 11) is -4.63. The zero-order valence-corrected chi connectivity index (χ0v) is 17.0. The topological polar surface area (TPSA) is 112 Å². The van der Waals surface area contributed by atoms with Gasteiger partial charge in [-0.3, -0.25) is 4.79 Å². The van der Waals surface area contributed by atoms with E-state index in [2.05, 4.69) is 9.17 Å². The van der Waals surface area contributed by atoms with E-state index in [-0.39, 0.29) is 37.6 Å². The summed E-state index contributed by atoms with van der Waals surface area (Å²) >= 11 is 0. The third kappa shape index (κ3) is 6.48. The average Bonchev–Trinajstić information content (AvgIpc) is 2.58. The van der Waals surface area contributed by atoms with Gasteiger partial charge in [-0.15, -0.1) is 0 Å². The highest BCUT2D eigenvalue weighted by Gasteiger charge is 2.49. The van der Waals surface area contributed by atoms with Crippen molar-refractivity contribution >= 4 is 27.7 Å². The van der Waals surface area contributed by atoms with Crippen molar-refractivity contribution in [2.24, 2.45) is 0 Å². The van der Waals surface area contributed by atoms with E-state index in [0.717, 1.165) is 0 Å². The Morgan fingerprint density at radius 3 is 2.28 bits per heavy atom. The van der Waals surface area contributed by atoms with E-state index in [9.17, 15) is 31.2 Å². The summed E-state index contributed by atoms with van der Waals surface area (Å²) in [5.41, 5.74) is -6.28. The van der Waals surface area contributed by atoms with E-state index in [1.807, 2.05) is 0 Å². The van der Waals surface area contributed by atoms with Crippen LogP contribution in [-0.4, -0.2) is 57.7 Å². The second-order valence-corrected chi connectivity index (χ2v) is 7.18. The predicted octanol–water partition coefficient (Wildman–Crippen LogP) is 2.18. The molecule has 0 N–H and O–H groups in total. The van der Waals surface area contributed by atoms with Gasteiger partial charge in [-0.25, -0.2) is 9.78 Å². The minimum absolute atomic E-state index is 0.0140. The van der Waals surface area contributed by atoms with Crippen molar-refractivity contribution in [2.75, 3.05) is 31.7 Å². The quantitative estimate of drug-likeness (QED) is 0.323. The minimum atomic E-state index is -6.08. The second kappa shape index (κ2) is 9.76. The number of hydrogen-bond donors (Lipinski definition) is 0. The van der Waals surface area contributed by atoms with Gasteiger partial charge >= 0.3 is 27.6 Å². The molecule has 164 valence electrons. The molecule has 1 heterocycles. The molecule has 9 nitrogen and oxygen atoms in total. The van der Waals surface area contributed by atoms with Crippen LogP contribution in [0.2, 0.25) is 0 Å². The Hall–Kier alpha value is -2.57. The maximum atomic E-state index is 12.7. The number of carbonyl (C=O) groups is 2. The smallest absolute Gasteiger partial charge is 0.466 e. The fourth-order valence-corrected chi connectivity index (χ4v) is 2.57. The SMILES string of the molecule is CCOC(=O)CCN(C)c1cc(C)nc(OS(=O)(=O)C(F)(F)F)c1C(=O)OCC. The third-order valence-corrected chi connectivity index (χ3v) is 4.36. The monoisotopic (exact) mass is 442 g/mol. The lowest BCUT2D eigenvalue weighted by molar-refractivity contribution is -0.142. The molecule has 0 atom stereocenters. The first-order chi connectivity index (χ1) is 13.3. The van der Waals surface area contributed by atoms with Crippen molar-refractivity contribution < 1.29 is 44.8 Å². The van der Waals surface area contributed by atoms with Crippen LogP contribution in [0.1, 0.15) is 36.3 Å². The van der Waals surface area contributed by atoms with E-state index in [1.165, 1.54) is 31.9 Å². The molecule has 0 amide bonds. The molecule has 1 aromatic heterocycles. The molecule has 0 unspecified atom stereocenters. The number of hydrogen-bond acceptors (Lipinski definition) is 9. The Morgan fingerprint density at radius 2 is 1.76 bits per heavy atom. The molecule has 0 saturated carbocycles. The Kier molecular flexibility index (Phi) is 8.24. The highest BCUT2D eigenvalue weighted by molar-refractivity contribution is 7.88. The molecule has 0 aliphatic heterocycles. The summed E-state index contributed by atoms with van der Waals surface area (Å²) in [6.07, 6.45) is -0.0922. The molecule has 0 aliphatic rings. The summed E-state index contributed by atoms with van der Waals surface area (Å²) in [6, 6.07) is 1.32. The Bertz CT molecular complexity index is 857. The van der Waals surface area contributed by atoms with Crippen LogP contribution in [0.5, 0.6) is 5.88 Å². The van der Waals surface area contributed by atoms with Gasteiger partial charge < -0.3 is 18.6 Å². The Morgan fingerprint density at radius 1 is 1.17 bits per heavy atom. The van der Waals surface area contributed by atoms with E-state index in [4.69, 9.17) is 9.47 Å². The average molecular weight is 442 g/mol. The van der Waals surface area contributed by atoms with E-state index in [1.54, 1.807) is 6.92 Å². The Balaban J connectivity index is 3.43. The lowest BCUT2D eigenvalue weighted by Crippen LogP contribution is -2.30. The molecular weight excluding hydrogens is 421 g/mol. The number of pyridine rings is 1. The number of carbonyl (C=O) groups excluding carboxylic acids is 2. The van der Waals surface area contributed by atoms with Gasteiger partial charge in [0, 0.05) is 19.3 Å². The lowest BCUT2D eigenvalue weighted by atomic mass is 10.1. The van der Waals surface area contributed by atoms with Crippen molar-refractivity contribution in [1.29, 1.82) is 0 Å². The number of aryl methyl sites for hydroxylation is 1. The number of alkyl halides is 3. The summed E-state index contributed by atoms with van der Waals surface area (Å²) < 4.78 is 74.7. The van der Waals surface area contributed by atoms with Crippen LogP contribution < -0.4 is 9.08 Å². The zero-order valence-electron chi connectivity index (χ0n) is 16.2. The molecule has 0 bridgehead atoms. The standard InChI is InChI=1S/C16H21F3N2O7S/c1-5-26-12(22)7-8-21(4)11-9-10(3)20-14(13(11)15(23)27-6-2)28-29(24,25)16(17,18)19/h9H,5-8H2,1-4H3. The first-order valence-corrected chi connectivity index (χ1v) is 9.81. The van der Waals surface area contributed by atoms with Gasteiger partial charge in [0.25, 0.3) is 5.88 Å². The predicted molar refractivity (Wildman–Crippen MR) is 95.1 cm³/mol. The number of halogens is 3. The number of nitrogens with zero attached hydrogens (tertiary/aromatic N) is 2. The van der Waals surface area contributed by atoms with Crippen LogP contribution in [0, 0.1) is 6.92 Å². The van der Waals surface area contributed by atoms with Crippen LogP contribution in [0.25, 0.3) is 0 Å². The zero-order chi connectivity index (χ0) is 22.4. The van der Waals surface area contributed by atoms with Crippen molar-refractivity contribution in [3.8, 4) is 5.88 Å². The largest absolute Gasteiger partial charge is 0.534 e. The second-order valence-electron chi connectivity index (χ2n) is 5.64. The summed E-state index contributed by atoms with van der Waals surface area (Å²) in [4.78, 5) is 28.9. The van der Waals surface area contributed by atoms with Gasteiger partial charge in [0.05, 0.1) is 25.3 Å². The van der Waals surface area contributed by atoms with E-state index < -0.39 is 39.0 Å². The van der Waals surface area contributed by atoms with Crippen molar-refractivity contribution in [3.05, 3.63) is 17.3 Å². The summed E-state index contributed by atoms with van der Waals surface area (Å²) in [5, 5.41) is 0. The van der Waals surface area contributed by atoms with Crippen LogP contribution in [0.3, 0.4) is 0 Å². The molecule has 0 saturated heterocycles. The first kappa shape index (κ1) is 24.5. The normalized spacial score (nSPS) is 11.7. The van der Waals surface area contributed by atoms with E-state index >= 15 is 0 Å². The number of anilines is 1. The molecule has 0 spiro atoms. The third-order valence-electron chi connectivity index (χ3n) is 3.41. The Labute approximate surface area is 165 Å². The number of ether oxygens (including phenoxy) is 2. The molecule has 0 aromatic carbocycles. The number of aromatic nitrogens is 1. The van der Waals surface area contributed by atoms with Gasteiger partial charge in [0.2, 0.25) is 0 Å². The van der Waals surface area contributed by atoms with E-state index in [0.29, 0.717) is 0 Å². The molecular formula is C16H21F3N2O7S. The number of rotatable bonds is 9. The van der Waals surface area contributed by atoms with Gasteiger partial charge in [-0.1, -0.05) is 0 Å². The highest BCUT2D eigenvalue weighted by Crippen LogP contribution is 2.33. The molecule has 13 heteroatoms. The lowest BCUT2D eigenvalue weighted by Gasteiger charge is -2.23. The molecule has 1 rings (SSSR count). The van der Waals surface area contributed by atoms with Crippen LogP contribution >= 0.6 is 0 Å². The van der Waals surface area contributed by atoms with Crippen molar-refractivity contribution in [2.45, 2.75) is 32.7 Å². The maximum Gasteiger partial charge on any atom is 0.534 e. The van der Waals surface area contributed by atoms with Crippen LogP contribution in [0.4, 0.5) is 18.9 Å². The molecule has 1 aromatic rings. The molecule has 29 heavy (non-hydrogen) atoms. The highest BCUT2D eigenvalue weighted by atomic mass is 32.2. The van der Waals surface area contributed by atoms with Crippen LogP contribution in [0.15, 0.2) is 6.07 Å². The van der Waals surface area contributed by atoms with Gasteiger partial charge in [-0.05, 0) is 26.8 Å². The van der Waals surface area contributed by atoms with Gasteiger partial charge in [-0.2, -0.15) is 21.6 Å². The minimum Gasteiger partial charge on any atom is -0.466 e. The molecule has 0 aliphatic carbocycles. The van der Waals surface area contributed by atoms with Gasteiger partial charge in [0.15, 0.2) is 0 Å². The maximum absolute atomic E-state index is 12.7. The fraction of sp³-hybridized carbons (Fsp3) is 0.562. The van der Waals surface area contributed by atoms with Crippen molar-refractivity contribution in [3.63, 3.8) is 0 Å². The summed E-state index contributed by atoms with van der Waals surface area (Å²) in [6.45, 7) is 4.49. The fourth-order valence-electron chi connectivity index (χ4n) is 2.15. The molecule has 0 radical (unpaired) electrons. The first-order valence-electron chi connectivity index (χ1n) is 8.40. The van der Waals surface area contributed by atoms with Crippen molar-refractivity contribution in [1.82, 2.24) is 4.98 Å². The van der Waals surface area contributed by atoms with Crippen LogP contribution in [-0.2, 0) is 24.4 Å². The summed E-state index contributed by atoms with van der Waals surface area (Å²) in [5.74, 6) is -2.73. The molecule has 0 fully saturated rings.